The lowest BCUT2D eigenvalue weighted by molar-refractivity contribution is -0.151. The van der Waals surface area contributed by atoms with Crippen molar-refractivity contribution in [2.45, 2.75) is 296 Å². The molecule has 0 fully saturated rings. The number of unbranched alkanes of at least 4 members (excludes halogenated alkanes) is 29. The third kappa shape index (κ3) is 46.2. The van der Waals surface area contributed by atoms with Gasteiger partial charge < -0.3 is 20.3 Å². The molecule has 3 atom stereocenters. The molecular weight excluding hydrogens is 779 g/mol. The molecule has 0 aliphatic rings. The SMILES string of the molecule is CC/C=C/C/C=C/C/C=C/CCCCCCCCC(=O)OC(CCCCC/C=C/CCCCCCCCC)CC(=O)NC(CO)C(O)CCCCCCCCCCCCCCCC. The van der Waals surface area contributed by atoms with Gasteiger partial charge in [-0.2, -0.15) is 0 Å². The van der Waals surface area contributed by atoms with Gasteiger partial charge >= 0.3 is 5.97 Å². The van der Waals surface area contributed by atoms with Crippen LogP contribution in [0.1, 0.15) is 278 Å². The Morgan fingerprint density at radius 2 is 0.857 bits per heavy atom. The summed E-state index contributed by atoms with van der Waals surface area (Å²) in [5.41, 5.74) is 0. The first-order valence-electron chi connectivity index (χ1n) is 27.4. The highest BCUT2D eigenvalue weighted by atomic mass is 16.5. The van der Waals surface area contributed by atoms with E-state index in [1.54, 1.807) is 0 Å². The van der Waals surface area contributed by atoms with E-state index in [1.807, 2.05) is 0 Å². The molecule has 0 saturated carbocycles. The van der Waals surface area contributed by atoms with E-state index in [1.165, 1.54) is 135 Å². The molecule has 0 bridgehead atoms. The molecular formula is C57H105NO5. The molecule has 3 N–H and O–H groups in total. The Balaban J connectivity index is 4.59. The number of hydrogen-bond donors (Lipinski definition) is 3. The highest BCUT2D eigenvalue weighted by molar-refractivity contribution is 5.77. The molecule has 0 aliphatic heterocycles. The topological polar surface area (TPSA) is 95.9 Å². The lowest BCUT2D eigenvalue weighted by Crippen LogP contribution is -2.46. The van der Waals surface area contributed by atoms with Crippen LogP contribution in [-0.2, 0) is 14.3 Å². The van der Waals surface area contributed by atoms with Crippen molar-refractivity contribution < 1.29 is 24.5 Å². The molecule has 0 saturated heterocycles. The first kappa shape index (κ1) is 60.8. The molecule has 0 spiro atoms. The van der Waals surface area contributed by atoms with Crippen LogP contribution >= 0.6 is 0 Å². The molecule has 0 radical (unpaired) electrons. The average Bonchev–Trinajstić information content (AvgIpc) is 3.28. The lowest BCUT2D eigenvalue weighted by Gasteiger charge is -2.24. The van der Waals surface area contributed by atoms with E-state index in [4.69, 9.17) is 4.74 Å². The zero-order valence-electron chi connectivity index (χ0n) is 42.0. The van der Waals surface area contributed by atoms with Crippen molar-refractivity contribution in [3.05, 3.63) is 48.6 Å². The van der Waals surface area contributed by atoms with Crippen molar-refractivity contribution in [1.82, 2.24) is 5.32 Å². The van der Waals surface area contributed by atoms with Gasteiger partial charge in [0.05, 0.1) is 25.2 Å². The molecule has 0 heterocycles. The maximum Gasteiger partial charge on any atom is 0.306 e. The third-order valence-corrected chi connectivity index (χ3v) is 12.4. The molecule has 0 aromatic carbocycles. The summed E-state index contributed by atoms with van der Waals surface area (Å²) >= 11 is 0. The fraction of sp³-hybridized carbons (Fsp3) is 0.825. The van der Waals surface area contributed by atoms with E-state index in [-0.39, 0.29) is 24.9 Å². The van der Waals surface area contributed by atoms with Crippen molar-refractivity contribution >= 4 is 11.9 Å². The van der Waals surface area contributed by atoms with E-state index < -0.39 is 18.2 Å². The van der Waals surface area contributed by atoms with Gasteiger partial charge in [-0.25, -0.2) is 0 Å². The molecule has 3 unspecified atom stereocenters. The number of carbonyl (C=O) groups excluding carboxylic acids is 2. The number of ether oxygens (including phenoxy) is 1. The van der Waals surface area contributed by atoms with Crippen LogP contribution in [-0.4, -0.2) is 46.9 Å². The molecule has 0 rings (SSSR count). The summed E-state index contributed by atoms with van der Waals surface area (Å²) in [6.45, 7) is 6.38. The fourth-order valence-corrected chi connectivity index (χ4v) is 8.26. The Bertz CT molecular complexity index is 1080. The van der Waals surface area contributed by atoms with Gasteiger partial charge in [-0.05, 0) is 83.5 Å². The summed E-state index contributed by atoms with van der Waals surface area (Å²) in [4.78, 5) is 26.2. The molecule has 6 nitrogen and oxygen atoms in total. The molecule has 0 aromatic rings. The van der Waals surface area contributed by atoms with Crippen molar-refractivity contribution in [1.29, 1.82) is 0 Å². The van der Waals surface area contributed by atoms with Gasteiger partial charge in [0, 0.05) is 6.42 Å². The van der Waals surface area contributed by atoms with Crippen LogP contribution in [0.15, 0.2) is 48.6 Å². The second-order valence-corrected chi connectivity index (χ2v) is 18.6. The van der Waals surface area contributed by atoms with Crippen molar-refractivity contribution in [2.75, 3.05) is 6.61 Å². The number of rotatable bonds is 49. The summed E-state index contributed by atoms with van der Waals surface area (Å²) in [6, 6.07) is -0.709. The summed E-state index contributed by atoms with van der Waals surface area (Å²) in [5.74, 6) is -0.496. The third-order valence-electron chi connectivity index (χ3n) is 12.4. The van der Waals surface area contributed by atoms with Crippen LogP contribution < -0.4 is 5.32 Å². The molecule has 0 aliphatic carbocycles. The van der Waals surface area contributed by atoms with Crippen LogP contribution in [0.2, 0.25) is 0 Å². The number of esters is 1. The second-order valence-electron chi connectivity index (χ2n) is 18.6. The normalized spacial score (nSPS) is 13.5. The average molecular weight is 884 g/mol. The number of carbonyl (C=O) groups is 2. The summed E-state index contributed by atoms with van der Waals surface area (Å²) in [5, 5.41) is 23.8. The van der Waals surface area contributed by atoms with Crippen molar-refractivity contribution in [3.63, 3.8) is 0 Å². The highest BCUT2D eigenvalue weighted by Gasteiger charge is 2.24. The quantitative estimate of drug-likeness (QED) is 0.0321. The van der Waals surface area contributed by atoms with Gasteiger partial charge in [0.15, 0.2) is 0 Å². The zero-order valence-corrected chi connectivity index (χ0v) is 42.0. The first-order chi connectivity index (χ1) is 31.0. The van der Waals surface area contributed by atoms with E-state index in [0.717, 1.165) is 96.3 Å². The number of aliphatic hydroxyl groups is 2. The van der Waals surface area contributed by atoms with E-state index in [0.29, 0.717) is 19.3 Å². The molecule has 63 heavy (non-hydrogen) atoms. The summed E-state index contributed by atoms with van der Waals surface area (Å²) < 4.78 is 5.94. The zero-order chi connectivity index (χ0) is 45.9. The second kappa shape index (κ2) is 50.8. The molecule has 0 aromatic heterocycles. The van der Waals surface area contributed by atoms with Gasteiger partial charge in [0.25, 0.3) is 0 Å². The Morgan fingerprint density at radius 3 is 1.33 bits per heavy atom. The Morgan fingerprint density at radius 1 is 0.476 bits per heavy atom. The van der Waals surface area contributed by atoms with Crippen LogP contribution in [0.3, 0.4) is 0 Å². The fourth-order valence-electron chi connectivity index (χ4n) is 8.26. The number of aliphatic hydroxyl groups excluding tert-OH is 2. The summed E-state index contributed by atoms with van der Waals surface area (Å²) in [6.07, 6.45) is 61.7. The molecule has 6 heteroatoms. The summed E-state index contributed by atoms with van der Waals surface area (Å²) in [7, 11) is 0. The Labute approximate surface area is 391 Å². The van der Waals surface area contributed by atoms with Crippen LogP contribution in [0, 0.1) is 0 Å². The van der Waals surface area contributed by atoms with Gasteiger partial charge in [-0.3, -0.25) is 9.59 Å². The minimum atomic E-state index is -0.794. The van der Waals surface area contributed by atoms with Crippen molar-refractivity contribution in [2.24, 2.45) is 0 Å². The van der Waals surface area contributed by atoms with E-state index >= 15 is 0 Å². The highest BCUT2D eigenvalue weighted by Crippen LogP contribution is 2.18. The first-order valence-corrected chi connectivity index (χ1v) is 27.4. The van der Waals surface area contributed by atoms with Gasteiger partial charge in [0.1, 0.15) is 6.10 Å². The number of nitrogens with one attached hydrogen (secondary N) is 1. The Hall–Kier alpha value is -2.18. The maximum atomic E-state index is 13.2. The number of allylic oxidation sites excluding steroid dienone is 8. The monoisotopic (exact) mass is 884 g/mol. The van der Waals surface area contributed by atoms with E-state index in [2.05, 4.69) is 74.7 Å². The molecule has 368 valence electrons. The standard InChI is InChI=1S/C57H105NO5/c1-4-7-10-13-16-19-22-25-28-29-32-35-38-41-44-47-50-57(62)63-53(48-45-42-39-36-33-30-26-23-20-17-14-11-8-5-2)51-56(61)58-54(52-59)55(60)49-46-43-40-37-34-31-27-24-21-18-15-12-9-6-3/h7,10,16,19,25,28,30,33,53-55,59-60H,4-6,8-9,11-15,17-18,20-24,26-27,29,31-32,34-52H2,1-3H3,(H,58,61)/b10-7+,19-16+,28-25+,33-30+. The van der Waals surface area contributed by atoms with Gasteiger partial charge in [-0.15, -0.1) is 0 Å². The predicted molar refractivity (Wildman–Crippen MR) is 273 cm³/mol. The number of amides is 1. The largest absolute Gasteiger partial charge is 0.462 e. The van der Waals surface area contributed by atoms with Gasteiger partial charge in [-0.1, -0.05) is 230 Å². The van der Waals surface area contributed by atoms with Crippen molar-refractivity contribution in [3.8, 4) is 0 Å². The van der Waals surface area contributed by atoms with Crippen LogP contribution in [0.4, 0.5) is 0 Å². The van der Waals surface area contributed by atoms with Gasteiger partial charge in [0.2, 0.25) is 5.91 Å². The minimum absolute atomic E-state index is 0.0627. The Kier molecular flexibility index (Phi) is 49.1. The predicted octanol–water partition coefficient (Wildman–Crippen LogP) is 16.6. The lowest BCUT2D eigenvalue weighted by atomic mass is 10.0. The minimum Gasteiger partial charge on any atom is -0.462 e. The molecule has 1 amide bonds. The van der Waals surface area contributed by atoms with Crippen LogP contribution in [0.5, 0.6) is 0 Å². The maximum absolute atomic E-state index is 13.2. The number of hydrogen-bond acceptors (Lipinski definition) is 5. The van der Waals surface area contributed by atoms with Crippen LogP contribution in [0.25, 0.3) is 0 Å². The van der Waals surface area contributed by atoms with E-state index in [9.17, 15) is 19.8 Å². The smallest absolute Gasteiger partial charge is 0.306 e.